The summed E-state index contributed by atoms with van der Waals surface area (Å²) in [6.07, 6.45) is 3.75. The topological polar surface area (TPSA) is 41.8 Å². The van der Waals surface area contributed by atoms with E-state index in [0.29, 0.717) is 6.54 Å². The highest BCUT2D eigenvalue weighted by Crippen LogP contribution is 1.94. The highest BCUT2D eigenvalue weighted by molar-refractivity contribution is 5.13. The lowest BCUT2D eigenvalue weighted by Gasteiger charge is -1.90. The summed E-state index contributed by atoms with van der Waals surface area (Å²) in [5.41, 5.74) is 6.54. The molecule has 0 aliphatic carbocycles. The number of rotatable bonds is 1. The predicted octanol–water partition coefficient (Wildman–Crippen LogP) is 2.16. The monoisotopic (exact) mass is 174 g/mol. The zero-order valence-electron chi connectivity index (χ0n) is 7.48. The first-order valence-electron chi connectivity index (χ1n) is 4.25. The van der Waals surface area contributed by atoms with Gasteiger partial charge in [-0.15, -0.1) is 0 Å². The summed E-state index contributed by atoms with van der Waals surface area (Å²) >= 11 is 0. The van der Waals surface area contributed by atoms with Gasteiger partial charge < -0.3 is 10.7 Å². The fraction of sp³-hybridized carbons (Fsp3) is 0.0909. The molecule has 0 saturated carbocycles. The summed E-state index contributed by atoms with van der Waals surface area (Å²) < 4.78 is 0. The van der Waals surface area contributed by atoms with Crippen LogP contribution in [-0.2, 0) is 6.54 Å². The van der Waals surface area contributed by atoms with Crippen molar-refractivity contribution in [2.75, 3.05) is 0 Å². The van der Waals surface area contributed by atoms with E-state index in [0.717, 1.165) is 0 Å². The molecule has 0 bridgehead atoms. The fourth-order valence-corrected chi connectivity index (χ4v) is 0.892. The normalized spacial score (nSPS) is 8.69. The molecule has 2 rings (SSSR count). The van der Waals surface area contributed by atoms with Gasteiger partial charge in [0.25, 0.3) is 0 Å². The smallest absolute Gasteiger partial charge is 0.0178 e. The van der Waals surface area contributed by atoms with E-state index >= 15 is 0 Å². The minimum absolute atomic E-state index is 0.640. The van der Waals surface area contributed by atoms with Gasteiger partial charge in [0, 0.05) is 18.9 Å². The minimum Gasteiger partial charge on any atom is -0.368 e. The highest BCUT2D eigenvalue weighted by Gasteiger charge is 1.80. The van der Waals surface area contributed by atoms with Crippen LogP contribution < -0.4 is 5.73 Å². The summed E-state index contributed by atoms with van der Waals surface area (Å²) in [6, 6.07) is 13.9. The number of aromatic nitrogens is 1. The van der Waals surface area contributed by atoms with Crippen LogP contribution in [0.5, 0.6) is 0 Å². The summed E-state index contributed by atoms with van der Waals surface area (Å²) in [6.45, 7) is 0.640. The molecule has 3 N–H and O–H groups in total. The van der Waals surface area contributed by atoms with Crippen molar-refractivity contribution >= 4 is 0 Å². The first-order chi connectivity index (χ1) is 6.43. The van der Waals surface area contributed by atoms with Gasteiger partial charge >= 0.3 is 0 Å². The van der Waals surface area contributed by atoms with Crippen LogP contribution in [0, 0.1) is 0 Å². The number of aromatic amines is 1. The van der Waals surface area contributed by atoms with Gasteiger partial charge in [0.15, 0.2) is 0 Å². The van der Waals surface area contributed by atoms with Crippen LogP contribution in [0.15, 0.2) is 54.9 Å². The Kier molecular flexibility index (Phi) is 4.43. The third-order valence-corrected chi connectivity index (χ3v) is 1.57. The van der Waals surface area contributed by atoms with Crippen molar-refractivity contribution in [3.63, 3.8) is 0 Å². The molecular formula is C11H14N2. The molecule has 1 aromatic heterocycles. The highest BCUT2D eigenvalue weighted by atomic mass is 14.6. The fourth-order valence-electron chi connectivity index (χ4n) is 0.892. The van der Waals surface area contributed by atoms with Gasteiger partial charge in [0.1, 0.15) is 0 Å². The van der Waals surface area contributed by atoms with E-state index in [1.165, 1.54) is 5.56 Å². The molecule has 1 aromatic carbocycles. The molecule has 2 aromatic rings. The maximum Gasteiger partial charge on any atom is 0.0178 e. The lowest BCUT2D eigenvalue weighted by molar-refractivity contribution is 1.07. The van der Waals surface area contributed by atoms with Crippen LogP contribution >= 0.6 is 0 Å². The SMILES string of the molecule is NCc1ccccc1.c1cc[nH]c1. The Balaban J connectivity index is 0.000000145. The van der Waals surface area contributed by atoms with Gasteiger partial charge in [-0.1, -0.05) is 30.3 Å². The molecule has 0 fully saturated rings. The largest absolute Gasteiger partial charge is 0.368 e. The first kappa shape index (κ1) is 9.55. The van der Waals surface area contributed by atoms with Crippen LogP contribution in [0.4, 0.5) is 0 Å². The van der Waals surface area contributed by atoms with E-state index < -0.39 is 0 Å². The molecule has 13 heavy (non-hydrogen) atoms. The van der Waals surface area contributed by atoms with Gasteiger partial charge in [0.2, 0.25) is 0 Å². The van der Waals surface area contributed by atoms with E-state index in [4.69, 9.17) is 5.73 Å². The maximum atomic E-state index is 5.35. The van der Waals surface area contributed by atoms with Gasteiger partial charge in [-0.3, -0.25) is 0 Å². The number of H-pyrrole nitrogens is 1. The second-order valence-electron chi connectivity index (χ2n) is 2.57. The van der Waals surface area contributed by atoms with Crippen LogP contribution in [0.25, 0.3) is 0 Å². The zero-order chi connectivity index (χ0) is 9.36. The van der Waals surface area contributed by atoms with E-state index in [1.54, 1.807) is 0 Å². The molecule has 0 spiro atoms. The third kappa shape index (κ3) is 4.13. The molecule has 1 heterocycles. The number of hydrogen-bond donors (Lipinski definition) is 2. The molecule has 0 aliphatic heterocycles. The van der Waals surface area contributed by atoms with Crippen LogP contribution in [0.1, 0.15) is 5.56 Å². The van der Waals surface area contributed by atoms with Gasteiger partial charge in [-0.05, 0) is 17.7 Å². The van der Waals surface area contributed by atoms with Crippen molar-refractivity contribution in [2.24, 2.45) is 5.73 Å². The van der Waals surface area contributed by atoms with Crippen molar-refractivity contribution in [1.82, 2.24) is 4.98 Å². The predicted molar refractivity (Wildman–Crippen MR) is 55.1 cm³/mol. The van der Waals surface area contributed by atoms with E-state index in [-0.39, 0.29) is 0 Å². The van der Waals surface area contributed by atoms with E-state index in [1.807, 2.05) is 54.9 Å². The zero-order valence-corrected chi connectivity index (χ0v) is 7.48. The molecule has 0 radical (unpaired) electrons. The Morgan fingerprint density at radius 1 is 0.923 bits per heavy atom. The molecule has 0 aliphatic rings. The number of hydrogen-bond acceptors (Lipinski definition) is 1. The number of nitrogens with one attached hydrogen (secondary N) is 1. The molecule has 0 atom stereocenters. The maximum absolute atomic E-state index is 5.35. The Morgan fingerprint density at radius 3 is 1.85 bits per heavy atom. The average molecular weight is 174 g/mol. The Bertz CT molecular complexity index is 270. The Morgan fingerprint density at radius 2 is 1.54 bits per heavy atom. The van der Waals surface area contributed by atoms with Gasteiger partial charge in [0.05, 0.1) is 0 Å². The number of benzene rings is 1. The van der Waals surface area contributed by atoms with Crippen LogP contribution in [-0.4, -0.2) is 4.98 Å². The molecule has 0 amide bonds. The lowest BCUT2D eigenvalue weighted by Crippen LogP contribution is -1.94. The molecule has 2 nitrogen and oxygen atoms in total. The Hall–Kier alpha value is -1.54. The van der Waals surface area contributed by atoms with Crippen molar-refractivity contribution in [2.45, 2.75) is 6.54 Å². The minimum atomic E-state index is 0.640. The first-order valence-corrected chi connectivity index (χ1v) is 4.25. The van der Waals surface area contributed by atoms with E-state index in [9.17, 15) is 0 Å². The molecule has 0 saturated heterocycles. The summed E-state index contributed by atoms with van der Waals surface area (Å²) in [5, 5.41) is 0. The summed E-state index contributed by atoms with van der Waals surface area (Å²) in [7, 11) is 0. The van der Waals surface area contributed by atoms with Crippen LogP contribution in [0.3, 0.4) is 0 Å². The molecular weight excluding hydrogens is 160 g/mol. The standard InChI is InChI=1S/C7H9N.C4H5N/c8-6-7-4-2-1-3-5-7;1-2-4-5-3-1/h1-5H,6,8H2;1-5H. The number of nitrogens with two attached hydrogens (primary N) is 1. The van der Waals surface area contributed by atoms with Crippen LogP contribution in [0.2, 0.25) is 0 Å². The van der Waals surface area contributed by atoms with Crippen molar-refractivity contribution in [3.05, 3.63) is 60.4 Å². The Labute approximate surface area is 78.4 Å². The average Bonchev–Trinajstić information content (AvgIpc) is 2.77. The van der Waals surface area contributed by atoms with E-state index in [2.05, 4.69) is 4.98 Å². The molecule has 68 valence electrons. The molecule has 2 heteroatoms. The quantitative estimate of drug-likeness (QED) is 0.683. The lowest BCUT2D eigenvalue weighted by atomic mass is 10.2. The van der Waals surface area contributed by atoms with Gasteiger partial charge in [-0.25, -0.2) is 0 Å². The third-order valence-electron chi connectivity index (χ3n) is 1.57. The van der Waals surface area contributed by atoms with Crippen molar-refractivity contribution in [1.29, 1.82) is 0 Å². The van der Waals surface area contributed by atoms with Crippen molar-refractivity contribution in [3.8, 4) is 0 Å². The summed E-state index contributed by atoms with van der Waals surface area (Å²) in [5.74, 6) is 0. The summed E-state index contributed by atoms with van der Waals surface area (Å²) in [4.78, 5) is 2.86. The van der Waals surface area contributed by atoms with Gasteiger partial charge in [-0.2, -0.15) is 0 Å². The second-order valence-corrected chi connectivity index (χ2v) is 2.57. The second kappa shape index (κ2) is 6.03. The van der Waals surface area contributed by atoms with Crippen molar-refractivity contribution < 1.29 is 0 Å². The molecule has 0 unspecified atom stereocenters.